The van der Waals surface area contributed by atoms with Crippen LogP contribution in [0, 0.1) is 11.8 Å². The van der Waals surface area contributed by atoms with Gasteiger partial charge in [0.05, 0.1) is 6.10 Å². The number of amides is 1. The molecule has 1 N–H and O–H groups in total. The average molecular weight is 297 g/mol. The summed E-state index contributed by atoms with van der Waals surface area (Å²) in [6.07, 6.45) is 0.615. The van der Waals surface area contributed by atoms with Crippen molar-refractivity contribution in [2.45, 2.75) is 12.5 Å². The van der Waals surface area contributed by atoms with Crippen LogP contribution in [0.4, 0.5) is 0 Å². The Morgan fingerprint density at radius 2 is 2.00 bits per heavy atom. The first kappa shape index (κ1) is 13.6. The molecule has 0 radical (unpaired) electrons. The first-order valence-corrected chi connectivity index (χ1v) is 7.78. The number of aliphatic hydroxyl groups excluding tert-OH is 1. The first-order chi connectivity index (χ1) is 10.7. The molecule has 4 nitrogen and oxygen atoms in total. The zero-order valence-electron chi connectivity index (χ0n) is 12.3. The second-order valence-electron chi connectivity index (χ2n) is 6.32. The lowest BCUT2D eigenvalue weighted by atomic mass is 9.74. The monoisotopic (exact) mass is 297 g/mol. The van der Waals surface area contributed by atoms with Crippen LogP contribution in [0.2, 0.25) is 0 Å². The molecule has 1 heterocycles. The van der Waals surface area contributed by atoms with Gasteiger partial charge in [-0.25, -0.2) is 0 Å². The summed E-state index contributed by atoms with van der Waals surface area (Å²) < 4.78 is 5.65. The van der Waals surface area contributed by atoms with E-state index in [1.165, 1.54) is 0 Å². The van der Waals surface area contributed by atoms with Gasteiger partial charge in [0.15, 0.2) is 6.61 Å². The molecule has 2 aromatic carbocycles. The zero-order valence-corrected chi connectivity index (χ0v) is 12.3. The summed E-state index contributed by atoms with van der Waals surface area (Å²) in [5.41, 5.74) is 0. The van der Waals surface area contributed by atoms with Crippen LogP contribution in [-0.4, -0.2) is 41.7 Å². The average Bonchev–Trinajstić information content (AvgIpc) is 2.89. The Hall–Kier alpha value is -2.07. The molecule has 0 aromatic heterocycles. The van der Waals surface area contributed by atoms with E-state index >= 15 is 0 Å². The Morgan fingerprint density at radius 1 is 1.18 bits per heavy atom. The lowest BCUT2D eigenvalue weighted by Gasteiger charge is -2.34. The van der Waals surface area contributed by atoms with Crippen LogP contribution in [0.5, 0.6) is 5.75 Å². The molecule has 1 saturated heterocycles. The maximum Gasteiger partial charge on any atom is 0.260 e. The lowest BCUT2D eigenvalue weighted by Crippen LogP contribution is -2.40. The maximum atomic E-state index is 12.2. The number of likely N-dealkylation sites (tertiary alicyclic amines) is 1. The Balaban J connectivity index is 1.38. The third-order valence-electron chi connectivity index (χ3n) is 4.97. The van der Waals surface area contributed by atoms with Gasteiger partial charge in [-0.3, -0.25) is 4.79 Å². The molecule has 2 aliphatic rings. The summed E-state index contributed by atoms with van der Waals surface area (Å²) in [4.78, 5) is 14.1. The quantitative estimate of drug-likeness (QED) is 0.943. The largest absolute Gasteiger partial charge is 0.484 e. The smallest absolute Gasteiger partial charge is 0.260 e. The van der Waals surface area contributed by atoms with E-state index in [9.17, 15) is 9.90 Å². The van der Waals surface area contributed by atoms with Crippen molar-refractivity contribution in [2.24, 2.45) is 11.8 Å². The molecule has 3 atom stereocenters. The zero-order chi connectivity index (χ0) is 15.1. The summed E-state index contributed by atoms with van der Waals surface area (Å²) in [5, 5.41) is 11.9. The third kappa shape index (κ3) is 2.33. The number of fused-ring (bicyclic) bond motifs is 2. The standard InChI is InChI=1S/C18H19NO3/c20-17-8-14-9-19(10-16(14)17)18(21)11-22-15-6-5-12-3-1-2-4-13(12)7-15/h1-7,14,16-17,20H,8-11H2/t14-,16+,17-/m1/s1. The highest BCUT2D eigenvalue weighted by Gasteiger charge is 2.47. The van der Waals surface area contributed by atoms with Crippen molar-refractivity contribution in [1.29, 1.82) is 0 Å². The van der Waals surface area contributed by atoms with Gasteiger partial charge in [-0.2, -0.15) is 0 Å². The topological polar surface area (TPSA) is 49.8 Å². The van der Waals surface area contributed by atoms with Crippen molar-refractivity contribution >= 4 is 16.7 Å². The van der Waals surface area contributed by atoms with Gasteiger partial charge in [-0.05, 0) is 35.2 Å². The minimum Gasteiger partial charge on any atom is -0.484 e. The summed E-state index contributed by atoms with van der Waals surface area (Å²) in [7, 11) is 0. The van der Waals surface area contributed by atoms with Crippen molar-refractivity contribution in [1.82, 2.24) is 4.90 Å². The van der Waals surface area contributed by atoms with E-state index in [0.29, 0.717) is 18.2 Å². The molecule has 0 bridgehead atoms. The Kier molecular flexibility index (Phi) is 3.26. The van der Waals surface area contributed by atoms with E-state index in [4.69, 9.17) is 4.74 Å². The number of carbonyl (C=O) groups is 1. The van der Waals surface area contributed by atoms with Crippen LogP contribution in [0.15, 0.2) is 42.5 Å². The number of hydrogen-bond donors (Lipinski definition) is 1. The van der Waals surface area contributed by atoms with Gasteiger partial charge in [-0.15, -0.1) is 0 Å². The number of ether oxygens (including phenoxy) is 1. The molecule has 4 heteroatoms. The molecular formula is C18H19NO3. The molecule has 1 aliphatic carbocycles. The van der Waals surface area contributed by atoms with Gasteiger partial charge < -0.3 is 14.7 Å². The van der Waals surface area contributed by atoms with E-state index in [1.54, 1.807) is 0 Å². The Bertz CT molecular complexity index is 714. The normalized spacial score (nSPS) is 26.6. The lowest BCUT2D eigenvalue weighted by molar-refractivity contribution is -0.132. The van der Waals surface area contributed by atoms with Crippen molar-refractivity contribution < 1.29 is 14.6 Å². The number of hydrogen-bond acceptors (Lipinski definition) is 3. The molecule has 0 spiro atoms. The van der Waals surface area contributed by atoms with Gasteiger partial charge in [0.25, 0.3) is 5.91 Å². The van der Waals surface area contributed by atoms with Crippen LogP contribution in [-0.2, 0) is 4.79 Å². The molecule has 2 aromatic rings. The van der Waals surface area contributed by atoms with Crippen molar-refractivity contribution in [3.63, 3.8) is 0 Å². The minimum absolute atomic E-state index is 0.00904. The fourth-order valence-electron chi connectivity index (χ4n) is 3.57. The number of aliphatic hydroxyl groups is 1. The molecule has 1 amide bonds. The summed E-state index contributed by atoms with van der Waals surface area (Å²) in [6, 6.07) is 13.9. The molecule has 0 unspecified atom stereocenters. The minimum atomic E-state index is -0.218. The number of carbonyl (C=O) groups excluding carboxylic acids is 1. The molecule has 4 rings (SSSR count). The Labute approximate surface area is 129 Å². The fraction of sp³-hybridized carbons (Fsp3) is 0.389. The highest BCUT2D eigenvalue weighted by Crippen LogP contribution is 2.40. The second kappa shape index (κ2) is 5.29. The van der Waals surface area contributed by atoms with E-state index in [-0.39, 0.29) is 24.5 Å². The highest BCUT2D eigenvalue weighted by molar-refractivity contribution is 5.84. The van der Waals surface area contributed by atoms with Crippen LogP contribution in [0.25, 0.3) is 10.8 Å². The predicted octanol–water partition coefficient (Wildman–Crippen LogP) is 2.06. The van der Waals surface area contributed by atoms with E-state index in [0.717, 1.165) is 23.7 Å². The van der Waals surface area contributed by atoms with E-state index in [1.807, 2.05) is 41.3 Å². The van der Waals surface area contributed by atoms with Gasteiger partial charge in [0.1, 0.15) is 5.75 Å². The number of nitrogens with zero attached hydrogens (tertiary/aromatic N) is 1. The van der Waals surface area contributed by atoms with Gasteiger partial charge in [0, 0.05) is 19.0 Å². The molecule has 2 fully saturated rings. The van der Waals surface area contributed by atoms with E-state index < -0.39 is 0 Å². The van der Waals surface area contributed by atoms with Crippen molar-refractivity contribution in [2.75, 3.05) is 19.7 Å². The van der Waals surface area contributed by atoms with Crippen molar-refractivity contribution in [3.05, 3.63) is 42.5 Å². The molecule has 1 saturated carbocycles. The highest BCUT2D eigenvalue weighted by atomic mass is 16.5. The van der Waals surface area contributed by atoms with Crippen molar-refractivity contribution in [3.8, 4) is 5.75 Å². The molecule has 114 valence electrons. The first-order valence-electron chi connectivity index (χ1n) is 7.78. The summed E-state index contributed by atoms with van der Waals surface area (Å²) in [5.74, 6) is 1.49. The number of benzene rings is 2. The molecular weight excluding hydrogens is 278 g/mol. The van der Waals surface area contributed by atoms with Crippen LogP contribution < -0.4 is 4.74 Å². The fourth-order valence-corrected chi connectivity index (χ4v) is 3.57. The van der Waals surface area contributed by atoms with Crippen LogP contribution in [0.3, 0.4) is 0 Å². The van der Waals surface area contributed by atoms with Gasteiger partial charge in [0.2, 0.25) is 0 Å². The van der Waals surface area contributed by atoms with E-state index in [2.05, 4.69) is 6.07 Å². The SMILES string of the molecule is O=C(COc1ccc2ccccc2c1)N1C[C@H]2C[C@@H](O)[C@H]2C1. The second-order valence-corrected chi connectivity index (χ2v) is 6.32. The molecule has 1 aliphatic heterocycles. The predicted molar refractivity (Wildman–Crippen MR) is 83.6 cm³/mol. The third-order valence-corrected chi connectivity index (χ3v) is 4.97. The maximum absolute atomic E-state index is 12.2. The van der Waals surface area contributed by atoms with Gasteiger partial charge >= 0.3 is 0 Å². The van der Waals surface area contributed by atoms with Crippen LogP contribution >= 0.6 is 0 Å². The molecule has 22 heavy (non-hydrogen) atoms. The number of rotatable bonds is 3. The Morgan fingerprint density at radius 3 is 2.77 bits per heavy atom. The van der Waals surface area contributed by atoms with Gasteiger partial charge in [-0.1, -0.05) is 30.3 Å². The van der Waals surface area contributed by atoms with Crippen LogP contribution in [0.1, 0.15) is 6.42 Å². The summed E-state index contributed by atoms with van der Waals surface area (Å²) in [6.45, 7) is 1.50. The summed E-state index contributed by atoms with van der Waals surface area (Å²) >= 11 is 0.